The maximum Gasteiger partial charge on any atom is 0.115 e. The van der Waals surface area contributed by atoms with Crippen molar-refractivity contribution in [2.75, 3.05) is 0 Å². The quantitative estimate of drug-likeness (QED) is 0.753. The summed E-state index contributed by atoms with van der Waals surface area (Å²) in [6.07, 6.45) is 4.95. The maximum absolute atomic E-state index is 9.18. The fourth-order valence-electron chi connectivity index (χ4n) is 1.98. The summed E-state index contributed by atoms with van der Waals surface area (Å²) in [5, 5.41) is 9.18. The molecule has 0 aliphatic carbocycles. The molecule has 2 atom stereocenters. The molecule has 0 aliphatic rings. The molecule has 0 bridgehead atoms. The number of benzene rings is 1. The average molecular weight is 220 g/mol. The van der Waals surface area contributed by atoms with E-state index in [9.17, 15) is 5.11 Å². The molecule has 0 saturated heterocycles. The molecule has 0 fully saturated rings. The van der Waals surface area contributed by atoms with Crippen LogP contribution >= 0.6 is 0 Å². The summed E-state index contributed by atoms with van der Waals surface area (Å²) in [5.41, 5.74) is 1.33. The van der Waals surface area contributed by atoms with E-state index in [1.54, 1.807) is 12.1 Å². The number of phenolic OH excluding ortho intramolecular Hbond substituents is 1. The molecule has 1 aromatic rings. The van der Waals surface area contributed by atoms with Crippen molar-refractivity contribution in [2.24, 2.45) is 11.8 Å². The number of rotatable bonds is 6. The summed E-state index contributed by atoms with van der Waals surface area (Å²) < 4.78 is 0. The molecule has 0 spiro atoms. The summed E-state index contributed by atoms with van der Waals surface area (Å²) in [4.78, 5) is 0. The zero-order chi connectivity index (χ0) is 12.0. The van der Waals surface area contributed by atoms with E-state index >= 15 is 0 Å². The lowest BCUT2D eigenvalue weighted by molar-refractivity contribution is 0.347. The van der Waals surface area contributed by atoms with Crippen molar-refractivity contribution in [1.29, 1.82) is 0 Å². The first-order valence-corrected chi connectivity index (χ1v) is 6.41. The predicted molar refractivity (Wildman–Crippen MR) is 69.7 cm³/mol. The van der Waals surface area contributed by atoms with Crippen LogP contribution in [0.2, 0.25) is 0 Å². The third kappa shape index (κ3) is 4.26. The number of aromatic hydroxyl groups is 1. The molecule has 0 aliphatic heterocycles. The second-order valence-corrected chi connectivity index (χ2v) is 4.92. The lowest BCUT2D eigenvalue weighted by atomic mass is 9.88. The first kappa shape index (κ1) is 13.1. The van der Waals surface area contributed by atoms with Gasteiger partial charge >= 0.3 is 0 Å². The van der Waals surface area contributed by atoms with E-state index in [0.717, 1.165) is 18.3 Å². The Balaban J connectivity index is 2.27. The predicted octanol–water partition coefficient (Wildman–Crippen LogP) is 4.40. The zero-order valence-corrected chi connectivity index (χ0v) is 10.7. The van der Waals surface area contributed by atoms with Crippen LogP contribution in [0.3, 0.4) is 0 Å². The Bertz CT molecular complexity index is 289. The molecule has 1 heteroatoms. The Kier molecular flexibility index (Phi) is 5.37. The van der Waals surface area contributed by atoms with Crippen molar-refractivity contribution < 1.29 is 5.11 Å². The summed E-state index contributed by atoms with van der Waals surface area (Å²) >= 11 is 0. The fourth-order valence-corrected chi connectivity index (χ4v) is 1.98. The first-order valence-electron chi connectivity index (χ1n) is 6.41. The van der Waals surface area contributed by atoms with E-state index in [0.29, 0.717) is 5.75 Å². The first-order chi connectivity index (χ1) is 7.63. The SMILES string of the molecule is CCC(C)C(C)CCCc1ccc(O)cc1. The van der Waals surface area contributed by atoms with Crippen LogP contribution < -0.4 is 0 Å². The molecule has 0 heterocycles. The highest BCUT2D eigenvalue weighted by molar-refractivity contribution is 5.25. The van der Waals surface area contributed by atoms with E-state index in [2.05, 4.69) is 20.8 Å². The van der Waals surface area contributed by atoms with Gasteiger partial charge in [-0.15, -0.1) is 0 Å². The van der Waals surface area contributed by atoms with Gasteiger partial charge in [0, 0.05) is 0 Å². The third-order valence-electron chi connectivity index (χ3n) is 3.68. The summed E-state index contributed by atoms with van der Waals surface area (Å²) in [5.74, 6) is 2.01. The molecular weight excluding hydrogens is 196 g/mol. The van der Waals surface area contributed by atoms with Crippen molar-refractivity contribution in [3.8, 4) is 5.75 Å². The van der Waals surface area contributed by atoms with Crippen LogP contribution in [0.15, 0.2) is 24.3 Å². The molecule has 1 nitrogen and oxygen atoms in total. The summed E-state index contributed by atoms with van der Waals surface area (Å²) in [6, 6.07) is 7.58. The van der Waals surface area contributed by atoms with Crippen molar-refractivity contribution in [3.05, 3.63) is 29.8 Å². The second-order valence-electron chi connectivity index (χ2n) is 4.92. The maximum atomic E-state index is 9.18. The highest BCUT2D eigenvalue weighted by Crippen LogP contribution is 2.21. The van der Waals surface area contributed by atoms with Gasteiger partial charge in [0.25, 0.3) is 0 Å². The van der Waals surface area contributed by atoms with Crippen molar-refractivity contribution in [2.45, 2.75) is 46.5 Å². The third-order valence-corrected chi connectivity index (χ3v) is 3.68. The molecule has 2 unspecified atom stereocenters. The highest BCUT2D eigenvalue weighted by Gasteiger charge is 2.09. The highest BCUT2D eigenvalue weighted by atomic mass is 16.3. The molecule has 0 aromatic heterocycles. The fraction of sp³-hybridized carbons (Fsp3) is 0.600. The van der Waals surface area contributed by atoms with Gasteiger partial charge in [-0.1, -0.05) is 45.7 Å². The number of hydrogen-bond donors (Lipinski definition) is 1. The molecule has 1 N–H and O–H groups in total. The van der Waals surface area contributed by atoms with Crippen LogP contribution in [0.4, 0.5) is 0 Å². The Morgan fingerprint density at radius 1 is 1.06 bits per heavy atom. The van der Waals surface area contributed by atoms with Crippen molar-refractivity contribution in [3.63, 3.8) is 0 Å². The standard InChI is InChI=1S/C15H24O/c1-4-12(2)13(3)6-5-7-14-8-10-15(16)11-9-14/h8-13,16H,4-7H2,1-3H3. The minimum atomic E-state index is 0.358. The van der Waals surface area contributed by atoms with Crippen molar-refractivity contribution in [1.82, 2.24) is 0 Å². The van der Waals surface area contributed by atoms with Crippen LogP contribution in [-0.4, -0.2) is 5.11 Å². The molecule has 16 heavy (non-hydrogen) atoms. The Labute approximate surface area is 99.5 Å². The van der Waals surface area contributed by atoms with Crippen LogP contribution in [-0.2, 0) is 6.42 Å². The van der Waals surface area contributed by atoms with Gasteiger partial charge in [0.05, 0.1) is 0 Å². The van der Waals surface area contributed by atoms with E-state index in [1.807, 2.05) is 12.1 Å². The van der Waals surface area contributed by atoms with Gasteiger partial charge in [0.2, 0.25) is 0 Å². The van der Waals surface area contributed by atoms with E-state index in [-0.39, 0.29) is 0 Å². The molecular formula is C15H24O. The second kappa shape index (κ2) is 6.57. The van der Waals surface area contributed by atoms with Crippen LogP contribution in [0.1, 0.15) is 45.6 Å². The van der Waals surface area contributed by atoms with Crippen LogP contribution in [0, 0.1) is 11.8 Å². The van der Waals surface area contributed by atoms with Gasteiger partial charge in [-0.25, -0.2) is 0 Å². The minimum absolute atomic E-state index is 0.358. The largest absolute Gasteiger partial charge is 0.508 e. The average Bonchev–Trinajstić information content (AvgIpc) is 2.30. The molecule has 0 amide bonds. The molecule has 1 rings (SSSR count). The normalized spacial score (nSPS) is 14.7. The van der Waals surface area contributed by atoms with Gasteiger partial charge in [-0.05, 0) is 42.4 Å². The van der Waals surface area contributed by atoms with E-state index in [1.165, 1.54) is 24.8 Å². The van der Waals surface area contributed by atoms with Gasteiger partial charge in [0.15, 0.2) is 0 Å². The topological polar surface area (TPSA) is 20.2 Å². The summed E-state index contributed by atoms with van der Waals surface area (Å²) in [6.45, 7) is 6.96. The lowest BCUT2D eigenvalue weighted by Crippen LogP contribution is -2.06. The monoisotopic (exact) mass is 220 g/mol. The molecule has 90 valence electrons. The van der Waals surface area contributed by atoms with E-state index < -0.39 is 0 Å². The minimum Gasteiger partial charge on any atom is -0.508 e. The van der Waals surface area contributed by atoms with E-state index in [4.69, 9.17) is 0 Å². The smallest absolute Gasteiger partial charge is 0.115 e. The Morgan fingerprint density at radius 2 is 1.69 bits per heavy atom. The lowest BCUT2D eigenvalue weighted by Gasteiger charge is -2.17. The van der Waals surface area contributed by atoms with Crippen LogP contribution in [0.25, 0.3) is 0 Å². The number of phenols is 1. The van der Waals surface area contributed by atoms with Crippen LogP contribution in [0.5, 0.6) is 5.75 Å². The van der Waals surface area contributed by atoms with Crippen molar-refractivity contribution >= 4 is 0 Å². The van der Waals surface area contributed by atoms with Gasteiger partial charge in [-0.3, -0.25) is 0 Å². The molecule has 0 saturated carbocycles. The van der Waals surface area contributed by atoms with Gasteiger partial charge in [0.1, 0.15) is 5.75 Å². The van der Waals surface area contributed by atoms with Gasteiger partial charge in [-0.2, -0.15) is 0 Å². The number of aryl methyl sites for hydroxylation is 1. The Hall–Kier alpha value is -0.980. The summed E-state index contributed by atoms with van der Waals surface area (Å²) in [7, 11) is 0. The Morgan fingerprint density at radius 3 is 2.25 bits per heavy atom. The number of hydrogen-bond acceptors (Lipinski definition) is 1. The molecule has 0 radical (unpaired) electrons. The molecule has 1 aromatic carbocycles. The van der Waals surface area contributed by atoms with Gasteiger partial charge < -0.3 is 5.11 Å². The zero-order valence-electron chi connectivity index (χ0n) is 10.7.